The largest absolute Gasteiger partial charge is 0.0882 e. The van der Waals surface area contributed by atoms with Crippen LogP contribution in [0, 0.1) is 18.3 Å². The molecular weight excluding hydrogens is 108 g/mol. The zero-order chi connectivity index (χ0) is 6.69. The first-order valence-corrected chi connectivity index (χ1v) is 3.79. The van der Waals surface area contributed by atoms with Gasteiger partial charge in [0.2, 0.25) is 0 Å². The summed E-state index contributed by atoms with van der Waals surface area (Å²) in [7, 11) is 0. The van der Waals surface area contributed by atoms with E-state index in [1.54, 1.807) is 0 Å². The Bertz CT molecular complexity index is 94.6. The van der Waals surface area contributed by atoms with Crippen molar-refractivity contribution in [3.63, 3.8) is 0 Å². The lowest BCUT2D eigenvalue weighted by atomic mass is 9.90. The molecule has 0 nitrogen and oxygen atoms in total. The van der Waals surface area contributed by atoms with E-state index in [0.717, 1.165) is 11.8 Å². The maximum Gasteiger partial charge on any atom is -0.0317 e. The lowest BCUT2D eigenvalue weighted by molar-refractivity contribution is 0.425. The van der Waals surface area contributed by atoms with Crippen molar-refractivity contribution in [3.8, 4) is 0 Å². The topological polar surface area (TPSA) is 0 Å². The Labute approximate surface area is 58.0 Å². The van der Waals surface area contributed by atoms with Crippen molar-refractivity contribution < 1.29 is 0 Å². The molecule has 0 bridgehead atoms. The molecule has 1 aliphatic rings. The molecule has 51 valence electrons. The monoisotopic (exact) mass is 123 g/mol. The Morgan fingerprint density at radius 1 is 1.44 bits per heavy atom. The van der Waals surface area contributed by atoms with Crippen molar-refractivity contribution >= 4 is 0 Å². The summed E-state index contributed by atoms with van der Waals surface area (Å²) in [5.41, 5.74) is 0. The zero-order valence-electron chi connectivity index (χ0n) is 6.30. The third-order valence-corrected chi connectivity index (χ3v) is 2.31. The minimum atomic E-state index is 0.806. The van der Waals surface area contributed by atoms with E-state index in [1.165, 1.54) is 12.8 Å². The Morgan fingerprint density at radius 2 is 2.00 bits per heavy atom. The van der Waals surface area contributed by atoms with Gasteiger partial charge in [0.15, 0.2) is 0 Å². The molecule has 0 saturated carbocycles. The predicted molar refractivity (Wildman–Crippen MR) is 41.0 cm³/mol. The zero-order valence-corrected chi connectivity index (χ0v) is 6.30. The summed E-state index contributed by atoms with van der Waals surface area (Å²) in [6, 6.07) is 0. The van der Waals surface area contributed by atoms with Crippen molar-refractivity contribution in [3.05, 3.63) is 18.6 Å². The predicted octanol–water partition coefficient (Wildman–Crippen LogP) is 2.81. The molecule has 0 aliphatic heterocycles. The molecule has 1 rings (SSSR count). The van der Waals surface area contributed by atoms with Gasteiger partial charge in [-0.2, -0.15) is 0 Å². The fourth-order valence-corrected chi connectivity index (χ4v) is 1.34. The molecule has 9 heavy (non-hydrogen) atoms. The number of rotatable bonds is 2. The van der Waals surface area contributed by atoms with Crippen molar-refractivity contribution in [1.29, 1.82) is 0 Å². The van der Waals surface area contributed by atoms with Gasteiger partial charge in [-0.15, -0.1) is 0 Å². The van der Waals surface area contributed by atoms with Gasteiger partial charge in [0.25, 0.3) is 0 Å². The van der Waals surface area contributed by atoms with E-state index in [0.29, 0.717) is 0 Å². The molecule has 0 amide bonds. The van der Waals surface area contributed by atoms with Gasteiger partial charge in [0.05, 0.1) is 0 Å². The molecule has 0 fully saturated rings. The van der Waals surface area contributed by atoms with Crippen molar-refractivity contribution in [1.82, 2.24) is 0 Å². The van der Waals surface area contributed by atoms with Crippen LogP contribution in [0.4, 0.5) is 0 Å². The second-order valence-corrected chi connectivity index (χ2v) is 2.90. The minimum absolute atomic E-state index is 0.806. The third kappa shape index (κ3) is 1.57. The van der Waals surface area contributed by atoms with Gasteiger partial charge >= 0.3 is 0 Å². The van der Waals surface area contributed by atoms with Gasteiger partial charge < -0.3 is 0 Å². The van der Waals surface area contributed by atoms with E-state index in [-0.39, 0.29) is 0 Å². The van der Waals surface area contributed by atoms with Crippen LogP contribution in [0.25, 0.3) is 0 Å². The van der Waals surface area contributed by atoms with E-state index >= 15 is 0 Å². The smallest absolute Gasteiger partial charge is 0.0317 e. The molecule has 1 radical (unpaired) electrons. The molecule has 1 atom stereocenters. The van der Waals surface area contributed by atoms with Crippen LogP contribution >= 0.6 is 0 Å². The summed E-state index contributed by atoms with van der Waals surface area (Å²) >= 11 is 0. The highest BCUT2D eigenvalue weighted by atomic mass is 14.2. The molecule has 1 unspecified atom stereocenters. The van der Waals surface area contributed by atoms with E-state index in [4.69, 9.17) is 0 Å². The average molecular weight is 123 g/mol. The van der Waals surface area contributed by atoms with E-state index in [1.807, 2.05) is 0 Å². The van der Waals surface area contributed by atoms with Crippen molar-refractivity contribution in [2.45, 2.75) is 26.7 Å². The standard InChI is InChI=1S/C9H15/c1-3-8(2)9-6-4-5-7-9/h3-5,8-9H,6-7H2,1-2H3. The lowest BCUT2D eigenvalue weighted by Gasteiger charge is -2.15. The molecule has 0 heteroatoms. The number of hydrogen-bond acceptors (Lipinski definition) is 0. The van der Waals surface area contributed by atoms with Crippen LogP contribution < -0.4 is 0 Å². The second-order valence-electron chi connectivity index (χ2n) is 2.90. The minimum Gasteiger partial charge on any atom is -0.0882 e. The molecule has 0 spiro atoms. The molecule has 0 aromatic rings. The van der Waals surface area contributed by atoms with Crippen LogP contribution in [0.5, 0.6) is 0 Å². The van der Waals surface area contributed by atoms with E-state index < -0.39 is 0 Å². The number of allylic oxidation sites excluding steroid dienone is 2. The fraction of sp³-hybridized carbons (Fsp3) is 0.667. The van der Waals surface area contributed by atoms with E-state index in [2.05, 4.69) is 32.4 Å². The quantitative estimate of drug-likeness (QED) is 0.495. The highest BCUT2D eigenvalue weighted by molar-refractivity contribution is 4.97. The highest BCUT2D eigenvalue weighted by Crippen LogP contribution is 2.26. The summed E-state index contributed by atoms with van der Waals surface area (Å²) in [6.07, 6.45) is 9.49. The van der Waals surface area contributed by atoms with Gasteiger partial charge in [-0.1, -0.05) is 26.0 Å². The molecular formula is C9H15. The summed E-state index contributed by atoms with van der Waals surface area (Å²) in [5, 5.41) is 0. The molecule has 0 N–H and O–H groups in total. The van der Waals surface area contributed by atoms with Crippen LogP contribution in [-0.2, 0) is 0 Å². The van der Waals surface area contributed by atoms with Crippen LogP contribution in [0.15, 0.2) is 12.2 Å². The highest BCUT2D eigenvalue weighted by Gasteiger charge is 2.15. The van der Waals surface area contributed by atoms with Gasteiger partial charge in [-0.25, -0.2) is 0 Å². The Balaban J connectivity index is 2.27. The van der Waals surface area contributed by atoms with Gasteiger partial charge in [0.1, 0.15) is 0 Å². The molecule has 0 saturated heterocycles. The SMILES string of the molecule is C[CH]C(C)C1CC=CC1. The fourth-order valence-electron chi connectivity index (χ4n) is 1.34. The second kappa shape index (κ2) is 3.05. The molecule has 0 heterocycles. The first-order chi connectivity index (χ1) is 4.34. The molecule has 0 aromatic carbocycles. The molecule has 0 aromatic heterocycles. The van der Waals surface area contributed by atoms with Gasteiger partial charge in [-0.3, -0.25) is 0 Å². The Morgan fingerprint density at radius 3 is 2.44 bits per heavy atom. The van der Waals surface area contributed by atoms with Gasteiger partial charge in [0, 0.05) is 0 Å². The Kier molecular flexibility index (Phi) is 2.32. The van der Waals surface area contributed by atoms with E-state index in [9.17, 15) is 0 Å². The lowest BCUT2D eigenvalue weighted by Crippen LogP contribution is -2.06. The molecule has 1 aliphatic carbocycles. The van der Waals surface area contributed by atoms with Crippen LogP contribution in [0.3, 0.4) is 0 Å². The van der Waals surface area contributed by atoms with Crippen LogP contribution in [0.2, 0.25) is 0 Å². The maximum absolute atomic E-state index is 2.30. The number of hydrogen-bond donors (Lipinski definition) is 0. The summed E-state index contributed by atoms with van der Waals surface area (Å²) in [5.74, 6) is 1.72. The van der Waals surface area contributed by atoms with Crippen LogP contribution in [0.1, 0.15) is 26.7 Å². The van der Waals surface area contributed by atoms with Crippen LogP contribution in [-0.4, -0.2) is 0 Å². The van der Waals surface area contributed by atoms with Crippen molar-refractivity contribution in [2.75, 3.05) is 0 Å². The first-order valence-electron chi connectivity index (χ1n) is 3.79. The summed E-state index contributed by atoms with van der Waals surface area (Å²) in [4.78, 5) is 0. The maximum atomic E-state index is 2.30. The normalized spacial score (nSPS) is 22.9. The third-order valence-electron chi connectivity index (χ3n) is 2.31. The Hall–Kier alpha value is -0.260. The summed E-state index contributed by atoms with van der Waals surface area (Å²) in [6.45, 7) is 4.46. The average Bonchev–Trinajstić information content (AvgIpc) is 2.37. The van der Waals surface area contributed by atoms with Crippen molar-refractivity contribution in [2.24, 2.45) is 11.8 Å². The summed E-state index contributed by atoms with van der Waals surface area (Å²) < 4.78 is 0. The first kappa shape index (κ1) is 6.85. The van der Waals surface area contributed by atoms with Gasteiger partial charge in [-0.05, 0) is 31.1 Å².